The first-order chi connectivity index (χ1) is 8.30. The number of aromatic nitrogens is 2. The molecule has 0 saturated heterocycles. The molecule has 1 aromatic rings. The third-order valence-corrected chi connectivity index (χ3v) is 3.77. The Hall–Kier alpha value is -0.420. The molecule has 17 heavy (non-hydrogen) atoms. The Morgan fingerprint density at radius 3 is 2.71 bits per heavy atom. The number of unbranched alkanes of at least 4 members (excludes halogenated alkanes) is 2. The number of hydrogen-bond donors (Lipinski definition) is 1. The van der Waals surface area contributed by atoms with E-state index in [-0.39, 0.29) is 0 Å². The molecular formula is C12H21N3S2. The molecule has 0 aliphatic carbocycles. The van der Waals surface area contributed by atoms with Gasteiger partial charge >= 0.3 is 0 Å². The summed E-state index contributed by atoms with van der Waals surface area (Å²) in [7, 11) is 0. The zero-order chi connectivity index (χ0) is 12.5. The number of nitrogens with zero attached hydrogens (tertiary/aromatic N) is 2. The number of rotatable bonds is 8. The Bertz CT molecular complexity index is 332. The maximum absolute atomic E-state index is 4.51. The SMILES string of the molecule is CCCCCSc1cc(NCC)nc(SC)n1. The normalized spacial score (nSPS) is 10.5. The molecule has 1 N–H and O–H groups in total. The first-order valence-electron chi connectivity index (χ1n) is 6.09. The third-order valence-electron chi connectivity index (χ3n) is 2.22. The van der Waals surface area contributed by atoms with Gasteiger partial charge in [-0.15, -0.1) is 11.8 Å². The summed E-state index contributed by atoms with van der Waals surface area (Å²) < 4.78 is 0. The van der Waals surface area contributed by atoms with Gasteiger partial charge < -0.3 is 5.32 Å². The second-order valence-corrected chi connectivity index (χ2v) is 5.55. The van der Waals surface area contributed by atoms with Gasteiger partial charge in [0, 0.05) is 12.6 Å². The highest BCUT2D eigenvalue weighted by Gasteiger charge is 2.03. The van der Waals surface area contributed by atoms with Crippen molar-refractivity contribution >= 4 is 29.3 Å². The Kier molecular flexibility index (Phi) is 7.44. The summed E-state index contributed by atoms with van der Waals surface area (Å²) in [5.41, 5.74) is 0. The van der Waals surface area contributed by atoms with Gasteiger partial charge in [-0.2, -0.15) is 0 Å². The van der Waals surface area contributed by atoms with Crippen LogP contribution in [-0.2, 0) is 0 Å². The molecule has 0 aliphatic heterocycles. The number of nitrogens with one attached hydrogen (secondary N) is 1. The lowest BCUT2D eigenvalue weighted by Crippen LogP contribution is -2.01. The molecule has 0 radical (unpaired) electrons. The molecule has 0 bridgehead atoms. The highest BCUT2D eigenvalue weighted by atomic mass is 32.2. The average molecular weight is 271 g/mol. The Balaban J connectivity index is 2.59. The van der Waals surface area contributed by atoms with Crippen LogP contribution in [0.3, 0.4) is 0 Å². The summed E-state index contributed by atoms with van der Waals surface area (Å²) in [5.74, 6) is 2.08. The minimum absolute atomic E-state index is 0.849. The lowest BCUT2D eigenvalue weighted by Gasteiger charge is -2.07. The van der Waals surface area contributed by atoms with Crippen LogP contribution >= 0.6 is 23.5 Å². The van der Waals surface area contributed by atoms with Crippen LogP contribution < -0.4 is 5.32 Å². The molecule has 0 amide bonds. The van der Waals surface area contributed by atoms with Gasteiger partial charge in [0.05, 0.1) is 0 Å². The van der Waals surface area contributed by atoms with Crippen molar-refractivity contribution in [1.82, 2.24) is 9.97 Å². The fraction of sp³-hybridized carbons (Fsp3) is 0.667. The molecule has 0 aromatic carbocycles. The van der Waals surface area contributed by atoms with E-state index in [1.165, 1.54) is 19.3 Å². The first-order valence-corrected chi connectivity index (χ1v) is 8.31. The Morgan fingerprint density at radius 2 is 2.06 bits per heavy atom. The van der Waals surface area contributed by atoms with E-state index in [4.69, 9.17) is 0 Å². The molecule has 3 nitrogen and oxygen atoms in total. The monoisotopic (exact) mass is 271 g/mol. The molecule has 0 fully saturated rings. The van der Waals surface area contributed by atoms with Crippen LogP contribution in [0.25, 0.3) is 0 Å². The lowest BCUT2D eigenvalue weighted by molar-refractivity contribution is 0.777. The largest absolute Gasteiger partial charge is 0.370 e. The number of hydrogen-bond acceptors (Lipinski definition) is 5. The fourth-order valence-electron chi connectivity index (χ4n) is 1.37. The molecule has 0 spiro atoms. The number of thioether (sulfide) groups is 2. The van der Waals surface area contributed by atoms with Gasteiger partial charge in [-0.1, -0.05) is 31.5 Å². The van der Waals surface area contributed by atoms with Crippen molar-refractivity contribution in [2.24, 2.45) is 0 Å². The highest BCUT2D eigenvalue weighted by Crippen LogP contribution is 2.23. The van der Waals surface area contributed by atoms with E-state index in [0.717, 1.165) is 28.3 Å². The summed E-state index contributed by atoms with van der Waals surface area (Å²) in [6.45, 7) is 5.20. The quantitative estimate of drug-likeness (QED) is 0.336. The predicted molar refractivity (Wildman–Crippen MR) is 78.2 cm³/mol. The first kappa shape index (κ1) is 14.6. The molecule has 0 unspecified atom stereocenters. The smallest absolute Gasteiger partial charge is 0.190 e. The molecule has 0 saturated carbocycles. The Labute approximate surface area is 113 Å². The van der Waals surface area contributed by atoms with Gasteiger partial charge in [0.15, 0.2) is 5.16 Å². The standard InChI is InChI=1S/C12H21N3S2/c1-4-6-7-8-17-11-9-10(13-5-2)14-12(15-11)16-3/h9H,4-8H2,1-3H3,(H,13,14,15). The minimum atomic E-state index is 0.849. The maximum atomic E-state index is 4.51. The van der Waals surface area contributed by atoms with Gasteiger partial charge in [-0.25, -0.2) is 9.97 Å². The van der Waals surface area contributed by atoms with Gasteiger partial charge in [0.2, 0.25) is 0 Å². The summed E-state index contributed by atoms with van der Waals surface area (Å²) >= 11 is 3.42. The van der Waals surface area contributed by atoms with Crippen LogP contribution in [0.2, 0.25) is 0 Å². The van der Waals surface area contributed by atoms with E-state index in [1.54, 1.807) is 11.8 Å². The van der Waals surface area contributed by atoms with Gasteiger partial charge in [-0.3, -0.25) is 0 Å². The van der Waals surface area contributed by atoms with Gasteiger partial charge in [0.1, 0.15) is 10.8 Å². The number of anilines is 1. The van der Waals surface area contributed by atoms with Crippen LogP contribution in [0.15, 0.2) is 16.2 Å². The van der Waals surface area contributed by atoms with Gasteiger partial charge in [0.25, 0.3) is 0 Å². The topological polar surface area (TPSA) is 37.8 Å². The van der Waals surface area contributed by atoms with Crippen molar-refractivity contribution in [3.8, 4) is 0 Å². The molecule has 0 aliphatic rings. The lowest BCUT2D eigenvalue weighted by atomic mass is 10.3. The van der Waals surface area contributed by atoms with Crippen LogP contribution in [-0.4, -0.2) is 28.5 Å². The molecule has 96 valence electrons. The zero-order valence-electron chi connectivity index (χ0n) is 10.8. The molecule has 5 heteroatoms. The second-order valence-electron chi connectivity index (χ2n) is 3.66. The fourth-order valence-corrected chi connectivity index (χ4v) is 2.71. The van der Waals surface area contributed by atoms with Crippen LogP contribution in [0.5, 0.6) is 0 Å². The Morgan fingerprint density at radius 1 is 1.24 bits per heavy atom. The van der Waals surface area contributed by atoms with Crippen molar-refractivity contribution in [3.63, 3.8) is 0 Å². The van der Waals surface area contributed by atoms with E-state index in [0.29, 0.717) is 0 Å². The zero-order valence-corrected chi connectivity index (χ0v) is 12.5. The molecule has 1 aromatic heterocycles. The maximum Gasteiger partial charge on any atom is 0.190 e. The minimum Gasteiger partial charge on any atom is -0.370 e. The molecule has 1 heterocycles. The van der Waals surface area contributed by atoms with Crippen molar-refractivity contribution < 1.29 is 0 Å². The predicted octanol–water partition coefficient (Wildman–Crippen LogP) is 3.91. The summed E-state index contributed by atoms with van der Waals surface area (Å²) in [6.07, 6.45) is 5.84. The second kappa shape index (κ2) is 8.64. The van der Waals surface area contributed by atoms with Crippen molar-refractivity contribution in [2.45, 2.75) is 43.3 Å². The summed E-state index contributed by atoms with van der Waals surface area (Å²) in [5, 5.41) is 5.17. The third kappa shape index (κ3) is 5.64. The summed E-state index contributed by atoms with van der Waals surface area (Å²) in [6, 6.07) is 2.04. The van der Waals surface area contributed by atoms with Gasteiger partial charge in [-0.05, 0) is 25.4 Å². The van der Waals surface area contributed by atoms with E-state index >= 15 is 0 Å². The molecule has 0 atom stereocenters. The van der Waals surface area contributed by atoms with E-state index in [1.807, 2.05) is 24.1 Å². The van der Waals surface area contributed by atoms with E-state index in [9.17, 15) is 0 Å². The average Bonchev–Trinajstić information content (AvgIpc) is 2.35. The summed E-state index contributed by atoms with van der Waals surface area (Å²) in [4.78, 5) is 8.92. The van der Waals surface area contributed by atoms with Crippen molar-refractivity contribution in [2.75, 3.05) is 23.9 Å². The van der Waals surface area contributed by atoms with Crippen molar-refractivity contribution in [3.05, 3.63) is 6.07 Å². The van der Waals surface area contributed by atoms with Crippen LogP contribution in [0, 0.1) is 0 Å². The molecule has 1 rings (SSSR count). The van der Waals surface area contributed by atoms with Crippen LogP contribution in [0.4, 0.5) is 5.82 Å². The molecular weight excluding hydrogens is 250 g/mol. The highest BCUT2D eigenvalue weighted by molar-refractivity contribution is 7.99. The van der Waals surface area contributed by atoms with Crippen molar-refractivity contribution in [1.29, 1.82) is 0 Å². The van der Waals surface area contributed by atoms with Crippen LogP contribution in [0.1, 0.15) is 33.1 Å². The van der Waals surface area contributed by atoms with E-state index < -0.39 is 0 Å². The van der Waals surface area contributed by atoms with E-state index in [2.05, 4.69) is 29.1 Å².